The van der Waals surface area contributed by atoms with Crippen LogP contribution in [0.3, 0.4) is 0 Å². The summed E-state index contributed by atoms with van der Waals surface area (Å²) in [7, 11) is 0. The summed E-state index contributed by atoms with van der Waals surface area (Å²) in [4.78, 5) is 33.6. The van der Waals surface area contributed by atoms with E-state index >= 15 is 0 Å². The Hall–Kier alpha value is -4.22. The van der Waals surface area contributed by atoms with Crippen LogP contribution in [0, 0.1) is 13.8 Å². The van der Waals surface area contributed by atoms with Crippen molar-refractivity contribution < 1.29 is 27.9 Å². The van der Waals surface area contributed by atoms with Crippen LogP contribution in [0.4, 0.5) is 13.2 Å². The molecule has 3 aromatic carbocycles. The third kappa shape index (κ3) is 8.13. The molecule has 1 aliphatic rings. The Balaban J connectivity index is 1.29. The Morgan fingerprint density at radius 2 is 1.83 bits per heavy atom. The number of phenolic OH excluding ortho intramolecular Hbond substituents is 1. The first-order chi connectivity index (χ1) is 21.9. The van der Waals surface area contributed by atoms with Gasteiger partial charge in [-0.25, -0.2) is 4.98 Å². The average molecular weight is 651 g/mol. The number of carbonyl (C=O) groups is 2. The van der Waals surface area contributed by atoms with Gasteiger partial charge < -0.3 is 20.6 Å². The van der Waals surface area contributed by atoms with Gasteiger partial charge in [-0.05, 0) is 93.1 Å². The van der Waals surface area contributed by atoms with E-state index in [4.69, 9.17) is 0 Å². The number of alkyl halides is 3. The summed E-state index contributed by atoms with van der Waals surface area (Å²) >= 11 is 1.56. The molecule has 1 unspecified atom stereocenters. The quantitative estimate of drug-likeness (QED) is 0.165. The van der Waals surface area contributed by atoms with Crippen LogP contribution in [0.25, 0.3) is 0 Å². The molecule has 46 heavy (non-hydrogen) atoms. The Bertz CT molecular complexity index is 1710. The van der Waals surface area contributed by atoms with Crippen LogP contribution in [0.1, 0.15) is 91.9 Å². The van der Waals surface area contributed by atoms with E-state index in [1.807, 2.05) is 37.1 Å². The van der Waals surface area contributed by atoms with Crippen LogP contribution in [0.2, 0.25) is 0 Å². The topological polar surface area (TPSA) is 94.6 Å². The number of nitrogens with one attached hydrogen (secondary N) is 2. The fraction of sp³-hybridized carbons (Fsp3) is 0.343. The van der Waals surface area contributed by atoms with E-state index in [0.29, 0.717) is 29.7 Å². The monoisotopic (exact) mass is 650 g/mol. The van der Waals surface area contributed by atoms with Crippen molar-refractivity contribution in [1.82, 2.24) is 20.5 Å². The Kier molecular flexibility index (Phi) is 10.1. The zero-order valence-corrected chi connectivity index (χ0v) is 26.7. The summed E-state index contributed by atoms with van der Waals surface area (Å²) in [6.45, 7) is 6.39. The van der Waals surface area contributed by atoms with E-state index in [1.165, 1.54) is 12.1 Å². The molecule has 0 radical (unpaired) electrons. The Labute approximate surface area is 270 Å². The number of aryl methyl sites for hydroxylation is 2. The molecular weight excluding hydrogens is 613 g/mol. The first-order valence-corrected chi connectivity index (χ1v) is 16.1. The zero-order valence-electron chi connectivity index (χ0n) is 25.9. The van der Waals surface area contributed by atoms with Crippen molar-refractivity contribution in [2.24, 2.45) is 0 Å². The van der Waals surface area contributed by atoms with Crippen molar-refractivity contribution in [2.45, 2.75) is 70.9 Å². The van der Waals surface area contributed by atoms with E-state index < -0.39 is 17.8 Å². The highest BCUT2D eigenvalue weighted by molar-refractivity contribution is 7.09. The largest absolute Gasteiger partial charge is 0.508 e. The van der Waals surface area contributed by atoms with Gasteiger partial charge in [0.2, 0.25) is 0 Å². The van der Waals surface area contributed by atoms with Gasteiger partial charge in [-0.3, -0.25) is 9.59 Å². The number of amides is 2. The number of likely N-dealkylation sites (tertiary alicyclic amines) is 1. The van der Waals surface area contributed by atoms with Gasteiger partial charge in [0.25, 0.3) is 11.8 Å². The lowest BCUT2D eigenvalue weighted by atomic mass is 9.98. The maximum atomic E-state index is 13.7. The van der Waals surface area contributed by atoms with Gasteiger partial charge in [-0.15, -0.1) is 11.3 Å². The average Bonchev–Trinajstić information content (AvgIpc) is 3.67. The third-order valence-corrected chi connectivity index (χ3v) is 9.13. The highest BCUT2D eigenvalue weighted by Gasteiger charge is 2.33. The van der Waals surface area contributed by atoms with Gasteiger partial charge in [0.15, 0.2) is 0 Å². The number of hydrogen-bond acceptors (Lipinski definition) is 6. The second kappa shape index (κ2) is 14.0. The van der Waals surface area contributed by atoms with Crippen LogP contribution in [-0.4, -0.2) is 39.4 Å². The van der Waals surface area contributed by atoms with Crippen molar-refractivity contribution in [3.63, 3.8) is 0 Å². The Morgan fingerprint density at radius 3 is 2.54 bits per heavy atom. The lowest BCUT2D eigenvalue weighted by Gasteiger charge is -2.25. The van der Waals surface area contributed by atoms with Gasteiger partial charge in [0.1, 0.15) is 10.8 Å². The van der Waals surface area contributed by atoms with E-state index in [2.05, 4.69) is 15.6 Å². The molecule has 5 rings (SSSR count). The number of aromatic hydroxyl groups is 1. The van der Waals surface area contributed by atoms with Crippen molar-refractivity contribution in [1.29, 1.82) is 0 Å². The zero-order chi connectivity index (χ0) is 33.0. The molecule has 2 amide bonds. The molecule has 3 atom stereocenters. The molecule has 7 nitrogen and oxygen atoms in total. The van der Waals surface area contributed by atoms with Crippen molar-refractivity contribution in [3.8, 4) is 5.75 Å². The minimum atomic E-state index is -4.45. The number of rotatable bonds is 10. The van der Waals surface area contributed by atoms with Crippen molar-refractivity contribution in [3.05, 3.63) is 116 Å². The summed E-state index contributed by atoms with van der Waals surface area (Å²) < 4.78 is 39.8. The molecule has 0 aliphatic carbocycles. The van der Waals surface area contributed by atoms with Crippen molar-refractivity contribution >= 4 is 23.2 Å². The van der Waals surface area contributed by atoms with Crippen LogP contribution >= 0.6 is 11.3 Å². The number of phenols is 1. The third-order valence-electron chi connectivity index (χ3n) is 8.07. The molecule has 0 saturated carbocycles. The number of benzene rings is 3. The van der Waals surface area contributed by atoms with E-state index in [9.17, 15) is 27.9 Å². The van der Waals surface area contributed by atoms with E-state index in [1.54, 1.807) is 47.7 Å². The number of hydrogen-bond donors (Lipinski definition) is 3. The molecule has 0 spiro atoms. The fourth-order valence-corrected chi connectivity index (χ4v) is 6.84. The first kappa shape index (κ1) is 33.2. The summed E-state index contributed by atoms with van der Waals surface area (Å²) in [5.74, 6) is -0.419. The molecule has 242 valence electrons. The molecular formula is C35H37F3N4O3S. The van der Waals surface area contributed by atoms with Crippen LogP contribution in [-0.2, 0) is 12.7 Å². The predicted molar refractivity (Wildman–Crippen MR) is 172 cm³/mol. The van der Waals surface area contributed by atoms with Gasteiger partial charge in [-0.2, -0.15) is 13.2 Å². The molecule has 3 N–H and O–H groups in total. The fourth-order valence-electron chi connectivity index (χ4n) is 5.89. The van der Waals surface area contributed by atoms with Gasteiger partial charge in [-0.1, -0.05) is 30.3 Å². The molecule has 1 aliphatic heterocycles. The minimum Gasteiger partial charge on any atom is -0.508 e. The number of carbonyl (C=O) groups excluding carboxylic acids is 2. The highest BCUT2D eigenvalue weighted by atomic mass is 32.1. The van der Waals surface area contributed by atoms with E-state index in [-0.39, 0.29) is 36.2 Å². The maximum absolute atomic E-state index is 13.7. The predicted octanol–water partition coefficient (Wildman–Crippen LogP) is 7.50. The summed E-state index contributed by atoms with van der Waals surface area (Å²) in [6, 6.07) is 16.1. The van der Waals surface area contributed by atoms with E-state index in [0.717, 1.165) is 46.8 Å². The van der Waals surface area contributed by atoms with Crippen LogP contribution in [0.15, 0.2) is 72.1 Å². The van der Waals surface area contributed by atoms with Crippen LogP contribution in [0.5, 0.6) is 5.75 Å². The normalized spacial score (nSPS) is 16.3. The van der Waals surface area contributed by atoms with Gasteiger partial charge >= 0.3 is 6.18 Å². The highest BCUT2D eigenvalue weighted by Crippen LogP contribution is 2.35. The molecule has 0 bridgehead atoms. The summed E-state index contributed by atoms with van der Waals surface area (Å²) in [6.07, 6.45) is -2.34. The Morgan fingerprint density at radius 1 is 1.07 bits per heavy atom. The number of halogens is 3. The number of nitrogens with zero attached hydrogens (tertiary/aromatic N) is 2. The lowest BCUT2D eigenvalue weighted by molar-refractivity contribution is -0.137. The van der Waals surface area contributed by atoms with Gasteiger partial charge in [0.05, 0.1) is 11.6 Å². The summed E-state index contributed by atoms with van der Waals surface area (Å²) in [5.41, 5.74) is 2.98. The second-order valence-corrected chi connectivity index (χ2v) is 12.8. The minimum absolute atomic E-state index is 0.0576. The smallest absolute Gasteiger partial charge is 0.416 e. The first-order valence-electron chi connectivity index (χ1n) is 15.2. The molecule has 1 aromatic heterocycles. The number of aromatic nitrogens is 1. The SMILES string of the molecule is Cc1cc(C(=O)N[C@@H](C)CC(NCc2cccc(C(F)(F)F)c2)c2cccc(O)c2)cc(C(=O)N2CCC[C@@H]2c2nc(C)cs2)c1. The molecule has 1 saturated heterocycles. The molecule has 1 fully saturated rings. The standard InChI is InChI=1S/C35H37F3N4O3S/c1-21-13-26(17-27(14-21)34(45)42-12-6-11-31(42)33-41-23(3)20-46-33)32(44)40-22(2)15-30(25-8-5-10-29(43)18-25)39-19-24-7-4-9-28(16-24)35(36,37)38/h4-5,7-10,13-14,16-18,20,22,30-31,39,43H,6,11-12,15,19H2,1-3H3,(H,40,44)/t22-,30?,31+/m0/s1. The number of thiazole rings is 1. The van der Waals surface area contributed by atoms with Gasteiger partial charge in [0, 0.05) is 47.4 Å². The maximum Gasteiger partial charge on any atom is 0.416 e. The lowest BCUT2D eigenvalue weighted by Crippen LogP contribution is -2.36. The summed E-state index contributed by atoms with van der Waals surface area (Å²) in [5, 5.41) is 19.3. The molecule has 11 heteroatoms. The molecule has 2 heterocycles. The second-order valence-electron chi connectivity index (χ2n) is 11.9. The molecule has 4 aromatic rings. The van der Waals surface area contributed by atoms with Crippen LogP contribution < -0.4 is 10.6 Å². The van der Waals surface area contributed by atoms with Crippen molar-refractivity contribution in [2.75, 3.05) is 6.54 Å².